The van der Waals surface area contributed by atoms with Gasteiger partial charge < -0.3 is 9.64 Å². The van der Waals surface area contributed by atoms with E-state index in [1.807, 2.05) is 12.1 Å². The Hall–Kier alpha value is -1.69. The summed E-state index contributed by atoms with van der Waals surface area (Å²) >= 11 is 0. The zero-order valence-corrected chi connectivity index (χ0v) is 11.4. The predicted molar refractivity (Wildman–Crippen MR) is 72.2 cm³/mol. The number of fused-ring (bicyclic) bond motifs is 1. The van der Waals surface area contributed by atoms with Gasteiger partial charge in [0.05, 0.1) is 6.10 Å². The number of nitrogens with zero attached hydrogens (tertiary/aromatic N) is 5. The lowest BCUT2D eigenvalue weighted by Gasteiger charge is -2.26. The lowest BCUT2D eigenvalue weighted by Crippen LogP contribution is -2.35. The molecule has 1 fully saturated rings. The highest BCUT2D eigenvalue weighted by Crippen LogP contribution is 2.18. The number of hydrogen-bond donors (Lipinski definition) is 0. The van der Waals surface area contributed by atoms with Gasteiger partial charge in [-0.1, -0.05) is 13.8 Å². The van der Waals surface area contributed by atoms with E-state index in [0.717, 1.165) is 37.6 Å². The quantitative estimate of drug-likeness (QED) is 0.817. The number of aromatic nitrogens is 4. The Bertz CT molecular complexity index is 553. The van der Waals surface area contributed by atoms with Gasteiger partial charge in [0.2, 0.25) is 0 Å². The van der Waals surface area contributed by atoms with Crippen molar-refractivity contribution < 1.29 is 4.74 Å². The molecular weight excluding hydrogens is 242 g/mol. The maximum Gasteiger partial charge on any atom is 0.177 e. The van der Waals surface area contributed by atoms with Crippen LogP contribution in [-0.4, -0.2) is 45.6 Å². The Kier molecular flexibility index (Phi) is 3.33. The fourth-order valence-corrected chi connectivity index (χ4v) is 2.35. The normalized spacial score (nSPS) is 21.0. The summed E-state index contributed by atoms with van der Waals surface area (Å²) in [6.07, 6.45) is 2.93. The summed E-state index contributed by atoms with van der Waals surface area (Å²) in [5.74, 6) is 1.47. The molecule has 0 aromatic carbocycles. The van der Waals surface area contributed by atoms with Gasteiger partial charge in [-0.15, -0.1) is 15.3 Å². The van der Waals surface area contributed by atoms with Crippen molar-refractivity contribution in [2.75, 3.05) is 24.6 Å². The minimum absolute atomic E-state index is 0.265. The predicted octanol–water partition coefficient (Wildman–Crippen LogP) is 1.38. The van der Waals surface area contributed by atoms with Gasteiger partial charge in [-0.3, -0.25) is 0 Å². The van der Waals surface area contributed by atoms with Crippen LogP contribution in [0.1, 0.15) is 20.3 Å². The van der Waals surface area contributed by atoms with Gasteiger partial charge in [-0.25, -0.2) is 0 Å². The number of rotatable bonds is 2. The van der Waals surface area contributed by atoms with Crippen molar-refractivity contribution in [2.24, 2.45) is 5.92 Å². The van der Waals surface area contributed by atoms with E-state index in [-0.39, 0.29) is 6.10 Å². The molecule has 2 aromatic rings. The topological polar surface area (TPSA) is 55.6 Å². The van der Waals surface area contributed by atoms with Gasteiger partial charge in [0.25, 0.3) is 0 Å². The molecule has 0 N–H and O–H groups in total. The fraction of sp³-hybridized carbons (Fsp3) is 0.615. The molecule has 0 amide bonds. The van der Waals surface area contributed by atoms with Gasteiger partial charge in [0, 0.05) is 19.7 Å². The first-order valence-electron chi connectivity index (χ1n) is 6.77. The molecule has 3 heterocycles. The van der Waals surface area contributed by atoms with Crippen LogP contribution >= 0.6 is 0 Å². The van der Waals surface area contributed by atoms with Crippen molar-refractivity contribution in [3.05, 3.63) is 18.5 Å². The molecule has 6 heteroatoms. The van der Waals surface area contributed by atoms with Gasteiger partial charge in [-0.05, 0) is 24.5 Å². The average Bonchev–Trinajstić information content (AvgIpc) is 2.72. The SMILES string of the molecule is CC(C)C1CN(c2ccc3nncn3n2)CCCO1. The summed E-state index contributed by atoms with van der Waals surface area (Å²) in [7, 11) is 0. The number of anilines is 1. The highest BCUT2D eigenvalue weighted by Gasteiger charge is 2.22. The van der Waals surface area contributed by atoms with Crippen LogP contribution < -0.4 is 4.90 Å². The van der Waals surface area contributed by atoms with E-state index < -0.39 is 0 Å². The van der Waals surface area contributed by atoms with Crippen molar-refractivity contribution in [1.82, 2.24) is 19.8 Å². The van der Waals surface area contributed by atoms with E-state index in [9.17, 15) is 0 Å². The Morgan fingerprint density at radius 3 is 3.11 bits per heavy atom. The summed E-state index contributed by atoms with van der Waals surface area (Å²) in [6, 6.07) is 3.96. The van der Waals surface area contributed by atoms with Gasteiger partial charge in [0.15, 0.2) is 5.65 Å². The molecule has 1 saturated heterocycles. The third-order valence-electron chi connectivity index (χ3n) is 3.52. The Labute approximate surface area is 112 Å². The Morgan fingerprint density at radius 2 is 2.26 bits per heavy atom. The van der Waals surface area contributed by atoms with Crippen LogP contribution in [0.4, 0.5) is 5.82 Å². The second-order valence-electron chi connectivity index (χ2n) is 5.28. The largest absolute Gasteiger partial charge is 0.376 e. The van der Waals surface area contributed by atoms with Crippen LogP contribution in [0.25, 0.3) is 5.65 Å². The maximum atomic E-state index is 5.89. The van der Waals surface area contributed by atoms with Crippen molar-refractivity contribution in [3.8, 4) is 0 Å². The molecule has 102 valence electrons. The summed E-state index contributed by atoms with van der Waals surface area (Å²) < 4.78 is 7.60. The van der Waals surface area contributed by atoms with E-state index in [2.05, 4.69) is 34.0 Å². The first-order valence-corrected chi connectivity index (χ1v) is 6.77. The van der Waals surface area contributed by atoms with Crippen molar-refractivity contribution in [1.29, 1.82) is 0 Å². The monoisotopic (exact) mass is 261 g/mol. The number of hydrogen-bond acceptors (Lipinski definition) is 5. The van der Waals surface area contributed by atoms with Crippen LogP contribution in [0.15, 0.2) is 18.5 Å². The molecule has 6 nitrogen and oxygen atoms in total. The minimum atomic E-state index is 0.265. The Morgan fingerprint density at radius 1 is 1.37 bits per heavy atom. The molecule has 0 spiro atoms. The second kappa shape index (κ2) is 5.13. The number of ether oxygens (including phenoxy) is 1. The highest BCUT2D eigenvalue weighted by molar-refractivity contribution is 5.45. The van der Waals surface area contributed by atoms with E-state index in [1.54, 1.807) is 10.8 Å². The van der Waals surface area contributed by atoms with Crippen LogP contribution in [0.2, 0.25) is 0 Å². The van der Waals surface area contributed by atoms with Gasteiger partial charge in [0.1, 0.15) is 12.1 Å². The fourth-order valence-electron chi connectivity index (χ4n) is 2.35. The average molecular weight is 261 g/mol. The molecule has 2 aromatic heterocycles. The lowest BCUT2D eigenvalue weighted by atomic mass is 10.1. The lowest BCUT2D eigenvalue weighted by molar-refractivity contribution is 0.0375. The van der Waals surface area contributed by atoms with Crippen LogP contribution in [0, 0.1) is 5.92 Å². The molecule has 0 radical (unpaired) electrons. The van der Waals surface area contributed by atoms with Crippen molar-refractivity contribution in [2.45, 2.75) is 26.4 Å². The van der Waals surface area contributed by atoms with Crippen LogP contribution in [0.3, 0.4) is 0 Å². The smallest absolute Gasteiger partial charge is 0.177 e. The van der Waals surface area contributed by atoms with E-state index in [1.165, 1.54) is 0 Å². The zero-order chi connectivity index (χ0) is 13.2. The highest BCUT2D eigenvalue weighted by atomic mass is 16.5. The molecular formula is C13H19N5O. The summed E-state index contributed by atoms with van der Waals surface area (Å²) in [6.45, 7) is 7.09. The molecule has 1 atom stereocenters. The standard InChI is InChI=1S/C13H19N5O/c1-10(2)11-8-17(6-3-7-19-11)13-5-4-12-15-14-9-18(12)16-13/h4-5,9-11H,3,6-8H2,1-2H3. The molecule has 1 aliphatic heterocycles. The third kappa shape index (κ3) is 2.53. The minimum Gasteiger partial charge on any atom is -0.376 e. The third-order valence-corrected chi connectivity index (χ3v) is 3.52. The molecule has 1 aliphatic rings. The van der Waals surface area contributed by atoms with Gasteiger partial charge >= 0.3 is 0 Å². The van der Waals surface area contributed by atoms with Crippen molar-refractivity contribution in [3.63, 3.8) is 0 Å². The Balaban J connectivity index is 1.86. The van der Waals surface area contributed by atoms with Crippen molar-refractivity contribution >= 4 is 11.5 Å². The summed E-state index contributed by atoms with van der Waals surface area (Å²) in [5.41, 5.74) is 0.773. The molecule has 0 aliphatic carbocycles. The zero-order valence-electron chi connectivity index (χ0n) is 11.4. The van der Waals surface area contributed by atoms with E-state index in [0.29, 0.717) is 5.92 Å². The van der Waals surface area contributed by atoms with Gasteiger partial charge in [-0.2, -0.15) is 4.52 Å². The molecule has 19 heavy (non-hydrogen) atoms. The molecule has 3 rings (SSSR count). The molecule has 0 saturated carbocycles. The van der Waals surface area contributed by atoms with E-state index >= 15 is 0 Å². The first kappa shape index (κ1) is 12.3. The maximum absolute atomic E-state index is 5.89. The molecule has 1 unspecified atom stereocenters. The van der Waals surface area contributed by atoms with E-state index in [4.69, 9.17) is 4.74 Å². The summed E-state index contributed by atoms with van der Waals surface area (Å²) in [5, 5.41) is 12.4. The first-order chi connectivity index (χ1) is 9.24. The second-order valence-corrected chi connectivity index (χ2v) is 5.28. The van der Waals surface area contributed by atoms with Crippen LogP contribution in [-0.2, 0) is 4.74 Å². The van der Waals surface area contributed by atoms with Crippen LogP contribution in [0.5, 0.6) is 0 Å². The summed E-state index contributed by atoms with van der Waals surface area (Å²) in [4.78, 5) is 2.29. The molecule has 0 bridgehead atoms.